The van der Waals surface area contributed by atoms with Crippen LogP contribution >= 0.6 is 0 Å². The Bertz CT molecular complexity index is 1100. The van der Waals surface area contributed by atoms with E-state index in [1.54, 1.807) is 12.3 Å². The third kappa shape index (κ3) is 4.83. The number of nitrogen functional groups attached to an aromatic ring is 1. The number of carbonyl (C=O) groups excluding carboxylic acids is 1. The number of ether oxygens (including phenoxy) is 1. The second-order valence-corrected chi connectivity index (χ2v) is 7.56. The van der Waals surface area contributed by atoms with E-state index in [9.17, 15) is 13.6 Å². The third-order valence-corrected chi connectivity index (χ3v) is 5.32. The lowest BCUT2D eigenvalue weighted by Crippen LogP contribution is -2.30. The van der Waals surface area contributed by atoms with E-state index < -0.39 is 17.5 Å². The van der Waals surface area contributed by atoms with Crippen molar-refractivity contribution in [2.45, 2.75) is 12.8 Å². The molecule has 0 saturated carbocycles. The van der Waals surface area contributed by atoms with Crippen molar-refractivity contribution in [3.63, 3.8) is 0 Å². The van der Waals surface area contributed by atoms with Crippen LogP contribution in [0.5, 0.6) is 5.75 Å². The van der Waals surface area contributed by atoms with E-state index in [0.29, 0.717) is 24.0 Å². The van der Waals surface area contributed by atoms with Crippen molar-refractivity contribution >= 4 is 17.3 Å². The monoisotopic (exact) mass is 439 g/mol. The highest BCUT2D eigenvalue weighted by molar-refractivity contribution is 6.07. The Kier molecular flexibility index (Phi) is 6.55. The molecule has 3 aromatic rings. The minimum atomic E-state index is -0.783. The summed E-state index contributed by atoms with van der Waals surface area (Å²) in [7, 11) is 0. The lowest BCUT2D eigenvalue weighted by atomic mass is 9.99. The Hall–Kier alpha value is -3.59. The summed E-state index contributed by atoms with van der Waals surface area (Å²) >= 11 is 0. The number of hydrogen-bond acceptors (Lipinski definition) is 6. The van der Waals surface area contributed by atoms with Crippen LogP contribution in [0.3, 0.4) is 0 Å². The Balaban J connectivity index is 1.54. The first kappa shape index (κ1) is 21.6. The van der Waals surface area contributed by atoms with E-state index in [1.807, 2.05) is 0 Å². The van der Waals surface area contributed by atoms with Crippen LogP contribution in [0, 0.1) is 17.6 Å². The lowest BCUT2D eigenvalue weighted by molar-refractivity contribution is 0.102. The molecule has 9 heteroatoms. The number of carbonyl (C=O) groups is 1. The van der Waals surface area contributed by atoms with E-state index in [0.717, 1.165) is 38.1 Å². The molecule has 2 aromatic heterocycles. The van der Waals surface area contributed by atoms with Gasteiger partial charge in [-0.25, -0.2) is 13.8 Å². The van der Waals surface area contributed by atoms with E-state index in [2.05, 4.69) is 20.6 Å². The van der Waals surface area contributed by atoms with Crippen LogP contribution in [-0.2, 0) is 0 Å². The number of anilines is 2. The highest BCUT2D eigenvalue weighted by Crippen LogP contribution is 2.28. The molecule has 166 valence electrons. The van der Waals surface area contributed by atoms with Crippen molar-refractivity contribution in [1.29, 1.82) is 0 Å². The molecular weight excluding hydrogens is 416 g/mol. The summed E-state index contributed by atoms with van der Waals surface area (Å²) in [4.78, 5) is 21.1. The number of nitrogens with one attached hydrogen (secondary N) is 2. The standard InChI is InChI=1S/C23H23F2N5O2/c24-15-2-1-3-16(25)21(15)18-5-4-17(26)22(29-18)23(31)30-19-12-28-11-8-20(19)32-13-14-6-9-27-10-7-14/h1-5,8,11-12,14,27H,6-7,9-10,13,26H2,(H,30,31). The molecule has 1 saturated heterocycles. The van der Waals surface area contributed by atoms with Gasteiger partial charge in [0.25, 0.3) is 5.91 Å². The molecule has 1 aromatic carbocycles. The van der Waals surface area contributed by atoms with Crippen molar-refractivity contribution in [3.05, 3.63) is 66.1 Å². The molecule has 0 bridgehead atoms. The van der Waals surface area contributed by atoms with E-state index in [1.165, 1.54) is 24.4 Å². The topological polar surface area (TPSA) is 102 Å². The number of hydrogen-bond donors (Lipinski definition) is 3. The fourth-order valence-electron chi connectivity index (χ4n) is 3.57. The third-order valence-electron chi connectivity index (χ3n) is 5.32. The summed E-state index contributed by atoms with van der Waals surface area (Å²) < 4.78 is 34.3. The predicted octanol–water partition coefficient (Wildman–Crippen LogP) is 3.63. The zero-order valence-electron chi connectivity index (χ0n) is 17.3. The summed E-state index contributed by atoms with van der Waals surface area (Å²) in [6.07, 6.45) is 5.08. The molecule has 0 spiro atoms. The highest BCUT2D eigenvalue weighted by atomic mass is 19.1. The molecule has 0 atom stereocenters. The van der Waals surface area contributed by atoms with Crippen LogP contribution < -0.4 is 21.1 Å². The molecule has 32 heavy (non-hydrogen) atoms. The average molecular weight is 439 g/mol. The summed E-state index contributed by atoms with van der Waals surface area (Å²) in [5, 5.41) is 6.00. The van der Waals surface area contributed by atoms with Gasteiger partial charge in [-0.1, -0.05) is 6.07 Å². The first-order valence-corrected chi connectivity index (χ1v) is 10.3. The van der Waals surface area contributed by atoms with Crippen molar-refractivity contribution in [2.24, 2.45) is 5.92 Å². The van der Waals surface area contributed by atoms with Gasteiger partial charge in [0, 0.05) is 12.3 Å². The Labute approximate surface area is 184 Å². The number of benzene rings is 1. The minimum Gasteiger partial charge on any atom is -0.491 e. The van der Waals surface area contributed by atoms with Gasteiger partial charge in [0.15, 0.2) is 5.69 Å². The van der Waals surface area contributed by atoms with Gasteiger partial charge in [-0.05, 0) is 56.1 Å². The number of nitrogens with two attached hydrogens (primary N) is 1. The molecule has 0 unspecified atom stereocenters. The van der Waals surface area contributed by atoms with E-state index in [-0.39, 0.29) is 22.6 Å². The first-order valence-electron chi connectivity index (χ1n) is 10.3. The van der Waals surface area contributed by atoms with Gasteiger partial charge in [0.1, 0.15) is 23.1 Å². The molecule has 1 aliphatic rings. The summed E-state index contributed by atoms with van der Waals surface area (Å²) in [6.45, 7) is 2.44. The van der Waals surface area contributed by atoms with Gasteiger partial charge < -0.3 is 21.1 Å². The van der Waals surface area contributed by atoms with Crippen molar-refractivity contribution in [3.8, 4) is 17.0 Å². The van der Waals surface area contributed by atoms with Gasteiger partial charge in [0.05, 0.1) is 29.7 Å². The first-order chi connectivity index (χ1) is 15.5. The van der Waals surface area contributed by atoms with Crippen LogP contribution in [0.4, 0.5) is 20.2 Å². The number of amides is 1. The number of aromatic nitrogens is 2. The predicted molar refractivity (Wildman–Crippen MR) is 117 cm³/mol. The maximum absolute atomic E-state index is 14.2. The molecule has 0 radical (unpaired) electrons. The van der Waals surface area contributed by atoms with Gasteiger partial charge >= 0.3 is 0 Å². The molecular formula is C23H23F2N5O2. The smallest absolute Gasteiger partial charge is 0.276 e. The Morgan fingerprint density at radius 3 is 2.66 bits per heavy atom. The summed E-state index contributed by atoms with van der Waals surface area (Å²) in [6, 6.07) is 7.92. The number of rotatable bonds is 6. The molecule has 4 rings (SSSR count). The average Bonchev–Trinajstić information content (AvgIpc) is 2.80. The van der Waals surface area contributed by atoms with Crippen LogP contribution in [0.25, 0.3) is 11.3 Å². The van der Waals surface area contributed by atoms with Crippen LogP contribution in [0.15, 0.2) is 48.8 Å². The number of halogens is 2. The van der Waals surface area contributed by atoms with Gasteiger partial charge in [-0.15, -0.1) is 0 Å². The summed E-state index contributed by atoms with van der Waals surface area (Å²) in [5.74, 6) is -1.30. The van der Waals surface area contributed by atoms with Crippen molar-refractivity contribution in [1.82, 2.24) is 15.3 Å². The van der Waals surface area contributed by atoms with Crippen molar-refractivity contribution in [2.75, 3.05) is 30.7 Å². The largest absolute Gasteiger partial charge is 0.491 e. The molecule has 0 aliphatic carbocycles. The fraction of sp³-hybridized carbons (Fsp3) is 0.261. The normalized spacial score (nSPS) is 14.2. The Morgan fingerprint density at radius 2 is 1.91 bits per heavy atom. The highest BCUT2D eigenvalue weighted by Gasteiger charge is 2.20. The molecule has 3 heterocycles. The van der Waals surface area contributed by atoms with Crippen molar-refractivity contribution < 1.29 is 18.3 Å². The van der Waals surface area contributed by atoms with E-state index in [4.69, 9.17) is 10.5 Å². The zero-order chi connectivity index (χ0) is 22.5. The number of nitrogens with zero attached hydrogens (tertiary/aromatic N) is 2. The molecule has 7 nitrogen and oxygen atoms in total. The second kappa shape index (κ2) is 9.69. The summed E-state index contributed by atoms with van der Waals surface area (Å²) in [5.41, 5.74) is 5.85. The van der Waals surface area contributed by atoms with Gasteiger partial charge in [0.2, 0.25) is 0 Å². The van der Waals surface area contributed by atoms with Gasteiger partial charge in [-0.3, -0.25) is 9.78 Å². The van der Waals surface area contributed by atoms with Crippen LogP contribution in [0.2, 0.25) is 0 Å². The molecule has 1 amide bonds. The lowest BCUT2D eigenvalue weighted by Gasteiger charge is -2.23. The maximum atomic E-state index is 14.2. The number of piperidine rings is 1. The number of pyridine rings is 2. The van der Waals surface area contributed by atoms with E-state index >= 15 is 0 Å². The van der Waals surface area contributed by atoms with Crippen LogP contribution in [0.1, 0.15) is 23.3 Å². The van der Waals surface area contributed by atoms with Crippen LogP contribution in [-0.4, -0.2) is 35.6 Å². The fourth-order valence-corrected chi connectivity index (χ4v) is 3.57. The molecule has 4 N–H and O–H groups in total. The SMILES string of the molecule is Nc1ccc(-c2c(F)cccc2F)nc1C(=O)Nc1cnccc1OCC1CCNCC1. The molecule has 1 aliphatic heterocycles. The quantitative estimate of drug-likeness (QED) is 0.542. The maximum Gasteiger partial charge on any atom is 0.276 e. The second-order valence-electron chi connectivity index (χ2n) is 7.56. The minimum absolute atomic E-state index is 0.0338. The zero-order valence-corrected chi connectivity index (χ0v) is 17.3. The van der Waals surface area contributed by atoms with Gasteiger partial charge in [-0.2, -0.15) is 0 Å². The Morgan fingerprint density at radius 1 is 1.16 bits per heavy atom. The molecule has 1 fully saturated rings.